The van der Waals surface area contributed by atoms with Gasteiger partial charge in [-0.25, -0.2) is 4.98 Å². The number of hydrogen-bond acceptors (Lipinski definition) is 3. The maximum Gasteiger partial charge on any atom is 0.209 e. The van der Waals surface area contributed by atoms with Crippen LogP contribution in [0.25, 0.3) is 27.2 Å². The molecule has 156 valence electrons. The number of hydrogen-bond donors (Lipinski definition) is 0. The largest absolute Gasteiger partial charge is 0.296 e. The fraction of sp³-hybridized carbons (Fsp3) is 0. The first-order valence-electron chi connectivity index (χ1n) is 10.7. The number of aromatic nitrogens is 2. The predicted octanol–water partition coefficient (Wildman–Crippen LogP) is 6.10. The molecule has 0 aliphatic rings. The van der Waals surface area contributed by atoms with Gasteiger partial charge in [0.05, 0.1) is 16.7 Å². The molecular formula is C29H18N2O2. The number of para-hydroxylation sites is 1. The van der Waals surface area contributed by atoms with Crippen molar-refractivity contribution in [2.45, 2.75) is 0 Å². The Morgan fingerprint density at radius 3 is 2.21 bits per heavy atom. The summed E-state index contributed by atoms with van der Waals surface area (Å²) in [6.45, 7) is 0. The molecule has 0 aliphatic carbocycles. The van der Waals surface area contributed by atoms with Crippen LogP contribution in [0.1, 0.15) is 32.0 Å². The van der Waals surface area contributed by atoms with Gasteiger partial charge in [0.2, 0.25) is 5.78 Å². The van der Waals surface area contributed by atoms with Crippen molar-refractivity contribution in [1.29, 1.82) is 0 Å². The minimum atomic E-state index is -0.153. The number of carbonyl (C=O) groups excluding carboxylic acids is 2. The van der Waals surface area contributed by atoms with E-state index in [0.29, 0.717) is 27.9 Å². The van der Waals surface area contributed by atoms with Crippen LogP contribution in [0.5, 0.6) is 0 Å². The van der Waals surface area contributed by atoms with Crippen LogP contribution >= 0.6 is 0 Å². The summed E-state index contributed by atoms with van der Waals surface area (Å²) in [5.41, 5.74) is 3.52. The highest BCUT2D eigenvalue weighted by Gasteiger charge is 2.23. The molecule has 0 amide bonds. The first-order valence-corrected chi connectivity index (χ1v) is 10.7. The standard InChI is InChI=1S/C29H18N2O2/c32-28(20-9-2-1-3-10-20)24-17-26(31-18-30-25-13-7-6-12-23(25)27(24)31)29(33)22-15-14-19-8-4-5-11-21(19)16-22/h1-18H. The number of fused-ring (bicyclic) bond motifs is 4. The van der Waals surface area contributed by atoms with Gasteiger partial charge >= 0.3 is 0 Å². The molecule has 4 heteroatoms. The minimum absolute atomic E-state index is 0.123. The lowest BCUT2D eigenvalue weighted by Crippen LogP contribution is -2.05. The molecule has 0 fully saturated rings. The van der Waals surface area contributed by atoms with E-state index in [0.717, 1.165) is 21.7 Å². The fourth-order valence-electron chi connectivity index (χ4n) is 4.40. The lowest BCUT2D eigenvalue weighted by molar-refractivity contribution is 0.103. The zero-order valence-electron chi connectivity index (χ0n) is 17.6. The molecule has 0 atom stereocenters. The van der Waals surface area contributed by atoms with E-state index in [1.54, 1.807) is 28.9 Å². The van der Waals surface area contributed by atoms with Crippen LogP contribution in [0.4, 0.5) is 0 Å². The van der Waals surface area contributed by atoms with Gasteiger partial charge in [0.15, 0.2) is 5.78 Å². The molecule has 0 spiro atoms. The van der Waals surface area contributed by atoms with Gasteiger partial charge in [0, 0.05) is 22.1 Å². The van der Waals surface area contributed by atoms with Gasteiger partial charge in [-0.2, -0.15) is 0 Å². The van der Waals surface area contributed by atoms with Crippen molar-refractivity contribution in [2.75, 3.05) is 0 Å². The molecule has 0 saturated carbocycles. The SMILES string of the molecule is O=C(c1ccccc1)c1cc(C(=O)c2ccc3ccccc3c2)n2cnc3ccccc3c12. The number of ketones is 2. The third-order valence-corrected chi connectivity index (χ3v) is 6.03. The van der Waals surface area contributed by atoms with Crippen LogP contribution in [-0.4, -0.2) is 21.0 Å². The molecule has 2 aromatic heterocycles. The van der Waals surface area contributed by atoms with Crippen LogP contribution in [0.15, 0.2) is 109 Å². The second kappa shape index (κ2) is 7.53. The highest BCUT2D eigenvalue weighted by molar-refractivity contribution is 6.20. The third-order valence-electron chi connectivity index (χ3n) is 6.03. The molecule has 33 heavy (non-hydrogen) atoms. The van der Waals surface area contributed by atoms with Crippen molar-refractivity contribution in [2.24, 2.45) is 0 Å². The van der Waals surface area contributed by atoms with Crippen molar-refractivity contribution in [1.82, 2.24) is 9.38 Å². The number of nitrogens with zero attached hydrogens (tertiary/aromatic N) is 2. The van der Waals surface area contributed by atoms with Crippen LogP contribution in [-0.2, 0) is 0 Å². The highest BCUT2D eigenvalue weighted by atomic mass is 16.1. The Bertz CT molecular complexity index is 1700. The zero-order chi connectivity index (χ0) is 22.4. The zero-order valence-corrected chi connectivity index (χ0v) is 17.6. The molecule has 0 aliphatic heterocycles. The lowest BCUT2D eigenvalue weighted by atomic mass is 10.0. The average Bonchev–Trinajstić information content (AvgIpc) is 3.28. The summed E-state index contributed by atoms with van der Waals surface area (Å²) in [5, 5.41) is 2.90. The quantitative estimate of drug-likeness (QED) is 0.320. The number of benzene rings is 4. The van der Waals surface area contributed by atoms with Crippen LogP contribution in [0.3, 0.4) is 0 Å². The summed E-state index contributed by atoms with van der Waals surface area (Å²) in [4.78, 5) is 31.7. The molecule has 0 radical (unpaired) electrons. The summed E-state index contributed by atoms with van der Waals surface area (Å²) < 4.78 is 1.75. The topological polar surface area (TPSA) is 51.4 Å². The summed E-state index contributed by atoms with van der Waals surface area (Å²) in [5.74, 6) is -0.276. The van der Waals surface area contributed by atoms with Crippen molar-refractivity contribution in [3.63, 3.8) is 0 Å². The molecule has 4 nitrogen and oxygen atoms in total. The number of rotatable bonds is 4. The summed E-state index contributed by atoms with van der Waals surface area (Å²) in [6.07, 6.45) is 1.63. The summed E-state index contributed by atoms with van der Waals surface area (Å²) >= 11 is 0. The van der Waals surface area contributed by atoms with Crippen molar-refractivity contribution in [3.05, 3.63) is 132 Å². The Balaban J connectivity index is 1.60. The summed E-state index contributed by atoms with van der Waals surface area (Å²) in [6, 6.07) is 32.1. The molecular weight excluding hydrogens is 408 g/mol. The maximum absolute atomic E-state index is 13.7. The monoisotopic (exact) mass is 426 g/mol. The fourth-order valence-corrected chi connectivity index (χ4v) is 4.40. The second-order valence-electron chi connectivity index (χ2n) is 8.01. The lowest BCUT2D eigenvalue weighted by Gasteiger charge is -2.06. The Hall–Kier alpha value is -4.57. The van der Waals surface area contributed by atoms with Crippen LogP contribution in [0.2, 0.25) is 0 Å². The van der Waals surface area contributed by atoms with Crippen molar-refractivity contribution < 1.29 is 9.59 Å². The first-order chi connectivity index (χ1) is 16.2. The van der Waals surface area contributed by atoms with E-state index in [1.807, 2.05) is 84.9 Å². The molecule has 2 heterocycles. The van der Waals surface area contributed by atoms with Gasteiger partial charge in [-0.15, -0.1) is 0 Å². The Morgan fingerprint density at radius 1 is 0.636 bits per heavy atom. The molecule has 0 saturated heterocycles. The van der Waals surface area contributed by atoms with Gasteiger partial charge in [-0.3, -0.25) is 14.0 Å². The minimum Gasteiger partial charge on any atom is -0.296 e. The average molecular weight is 426 g/mol. The Kier molecular flexibility index (Phi) is 4.37. The molecule has 0 bridgehead atoms. The second-order valence-corrected chi connectivity index (χ2v) is 8.01. The Labute approximate surface area is 189 Å². The van der Waals surface area contributed by atoms with E-state index in [9.17, 15) is 9.59 Å². The molecule has 4 aromatic carbocycles. The van der Waals surface area contributed by atoms with Gasteiger partial charge in [0.25, 0.3) is 0 Å². The van der Waals surface area contributed by atoms with Crippen molar-refractivity contribution in [3.8, 4) is 0 Å². The van der Waals surface area contributed by atoms with Gasteiger partial charge < -0.3 is 0 Å². The molecule has 6 aromatic rings. The van der Waals surface area contributed by atoms with Crippen LogP contribution < -0.4 is 0 Å². The van der Waals surface area contributed by atoms with E-state index in [1.165, 1.54) is 0 Å². The molecule has 0 N–H and O–H groups in total. The van der Waals surface area contributed by atoms with E-state index in [2.05, 4.69) is 4.98 Å². The highest BCUT2D eigenvalue weighted by Crippen LogP contribution is 2.28. The Morgan fingerprint density at radius 2 is 1.36 bits per heavy atom. The van der Waals surface area contributed by atoms with Gasteiger partial charge in [-0.1, -0.05) is 84.9 Å². The molecule has 6 rings (SSSR count). The van der Waals surface area contributed by atoms with Gasteiger partial charge in [0.1, 0.15) is 6.33 Å². The van der Waals surface area contributed by atoms with E-state index >= 15 is 0 Å². The van der Waals surface area contributed by atoms with Gasteiger partial charge in [-0.05, 0) is 29.0 Å². The van der Waals surface area contributed by atoms with Crippen LogP contribution in [0, 0.1) is 0 Å². The normalized spacial score (nSPS) is 11.3. The third kappa shape index (κ3) is 3.12. The smallest absolute Gasteiger partial charge is 0.209 e. The maximum atomic E-state index is 13.7. The van der Waals surface area contributed by atoms with E-state index in [4.69, 9.17) is 0 Å². The number of carbonyl (C=O) groups is 2. The summed E-state index contributed by atoms with van der Waals surface area (Å²) in [7, 11) is 0. The first kappa shape index (κ1) is 19.1. The van der Waals surface area contributed by atoms with E-state index in [-0.39, 0.29) is 11.6 Å². The molecule has 0 unspecified atom stereocenters. The predicted molar refractivity (Wildman–Crippen MR) is 130 cm³/mol. The van der Waals surface area contributed by atoms with E-state index < -0.39 is 0 Å². The van der Waals surface area contributed by atoms with Crippen molar-refractivity contribution >= 4 is 38.8 Å².